The Morgan fingerprint density at radius 2 is 2.03 bits per heavy atom. The molecule has 3 rings (SSSR count). The minimum absolute atomic E-state index is 0.368. The van der Waals surface area contributed by atoms with Crippen LogP contribution in [-0.4, -0.2) is 92.0 Å². The molecule has 7 nitrogen and oxygen atoms in total. The highest BCUT2D eigenvalue weighted by molar-refractivity contribution is 7.10. The highest BCUT2D eigenvalue weighted by Gasteiger charge is 2.26. The quantitative estimate of drug-likeness (QED) is 0.413. The molecule has 0 aliphatic carbocycles. The van der Waals surface area contributed by atoms with E-state index in [1.165, 1.54) is 17.7 Å². The maximum Gasteiger partial charge on any atom is 0.191 e. The monoisotopic (exact) mass is 423 g/mol. The van der Waals surface area contributed by atoms with E-state index >= 15 is 0 Å². The molecule has 0 saturated carbocycles. The highest BCUT2D eigenvalue weighted by atomic mass is 32.1. The van der Waals surface area contributed by atoms with Crippen molar-refractivity contribution in [1.29, 1.82) is 0 Å². The first-order valence-electron chi connectivity index (χ1n) is 10.9. The van der Waals surface area contributed by atoms with Gasteiger partial charge in [-0.05, 0) is 51.2 Å². The van der Waals surface area contributed by atoms with Gasteiger partial charge in [-0.15, -0.1) is 11.3 Å². The van der Waals surface area contributed by atoms with Crippen molar-refractivity contribution < 1.29 is 9.84 Å². The molecule has 0 bridgehead atoms. The summed E-state index contributed by atoms with van der Waals surface area (Å²) in [5, 5.41) is 19.8. The molecule has 164 valence electrons. The van der Waals surface area contributed by atoms with Gasteiger partial charge in [-0.25, -0.2) is 0 Å². The van der Waals surface area contributed by atoms with Crippen LogP contribution in [0.15, 0.2) is 22.5 Å². The van der Waals surface area contributed by atoms with Crippen molar-refractivity contribution >= 4 is 17.3 Å². The molecule has 0 radical (unpaired) electrons. The van der Waals surface area contributed by atoms with Gasteiger partial charge in [0.15, 0.2) is 5.96 Å². The number of likely N-dealkylation sites (tertiary alicyclic amines) is 1. The van der Waals surface area contributed by atoms with Gasteiger partial charge >= 0.3 is 0 Å². The average Bonchev–Trinajstić information content (AvgIpc) is 3.41. The zero-order valence-electron chi connectivity index (χ0n) is 17.9. The van der Waals surface area contributed by atoms with Crippen molar-refractivity contribution in [2.45, 2.75) is 38.3 Å². The predicted octanol–water partition coefficient (Wildman–Crippen LogP) is 1.52. The van der Waals surface area contributed by atoms with Crippen molar-refractivity contribution in [3.8, 4) is 0 Å². The van der Waals surface area contributed by atoms with E-state index in [1.54, 1.807) is 0 Å². The van der Waals surface area contributed by atoms with Crippen molar-refractivity contribution in [3.63, 3.8) is 0 Å². The number of nitrogens with one attached hydrogen (secondary N) is 2. The first-order valence-corrected chi connectivity index (χ1v) is 11.8. The summed E-state index contributed by atoms with van der Waals surface area (Å²) >= 11 is 1.82. The smallest absolute Gasteiger partial charge is 0.191 e. The zero-order chi connectivity index (χ0) is 20.5. The third-order valence-electron chi connectivity index (χ3n) is 5.51. The number of nitrogens with zero attached hydrogens (tertiary/aromatic N) is 3. The lowest BCUT2D eigenvalue weighted by atomic mass is 10.1. The van der Waals surface area contributed by atoms with Crippen molar-refractivity contribution in [2.24, 2.45) is 4.99 Å². The van der Waals surface area contributed by atoms with E-state index in [-0.39, 0.29) is 0 Å². The molecular formula is C21H37N5O2S. The number of hydrogen-bond acceptors (Lipinski definition) is 6. The van der Waals surface area contributed by atoms with Crippen molar-refractivity contribution in [2.75, 3.05) is 65.6 Å². The van der Waals surface area contributed by atoms with E-state index in [0.29, 0.717) is 19.1 Å². The summed E-state index contributed by atoms with van der Waals surface area (Å²) in [7, 11) is 0. The Labute approximate surface area is 179 Å². The standard InChI is InChI=1S/C21H37N5O2S/c1-3-22-20(24-16-21(2,27)17-25-10-12-28-13-11-25)23-15-18(19-7-6-14-29-19)26-8-4-5-9-26/h6-7,14,18,27H,3-5,8-13,15-17H2,1-2H3,(H2,22,23,24). The molecule has 8 heteroatoms. The zero-order valence-corrected chi connectivity index (χ0v) is 18.7. The van der Waals surface area contributed by atoms with Gasteiger partial charge in [0.2, 0.25) is 0 Å². The summed E-state index contributed by atoms with van der Waals surface area (Å²) in [5.74, 6) is 0.774. The van der Waals surface area contributed by atoms with Gasteiger partial charge < -0.3 is 20.5 Å². The molecule has 1 aromatic heterocycles. The van der Waals surface area contributed by atoms with E-state index in [9.17, 15) is 5.11 Å². The third kappa shape index (κ3) is 7.22. The number of ether oxygens (including phenoxy) is 1. The van der Waals surface area contributed by atoms with Gasteiger partial charge in [0.1, 0.15) is 0 Å². The molecule has 2 fully saturated rings. The van der Waals surface area contributed by atoms with Crippen LogP contribution >= 0.6 is 11.3 Å². The Hall–Kier alpha value is -1.19. The molecule has 1 aromatic rings. The molecule has 2 unspecified atom stereocenters. The van der Waals surface area contributed by atoms with Gasteiger partial charge in [0.05, 0.1) is 31.4 Å². The second-order valence-corrected chi connectivity index (χ2v) is 9.22. The number of morpholine rings is 1. The predicted molar refractivity (Wildman–Crippen MR) is 120 cm³/mol. The summed E-state index contributed by atoms with van der Waals surface area (Å²) in [5.41, 5.74) is -0.859. The maximum absolute atomic E-state index is 10.8. The number of hydrogen-bond donors (Lipinski definition) is 3. The topological polar surface area (TPSA) is 72.4 Å². The van der Waals surface area contributed by atoms with Crippen LogP contribution in [0.25, 0.3) is 0 Å². The number of aliphatic imine (C=N–C) groups is 1. The molecule has 2 atom stereocenters. The summed E-state index contributed by atoms with van der Waals surface area (Å²) < 4.78 is 5.40. The molecule has 2 aliphatic heterocycles. The lowest BCUT2D eigenvalue weighted by Gasteiger charge is -2.33. The minimum Gasteiger partial charge on any atom is -0.387 e. The van der Waals surface area contributed by atoms with Gasteiger partial charge in [-0.1, -0.05) is 6.07 Å². The fraction of sp³-hybridized carbons (Fsp3) is 0.762. The Kier molecular flexibility index (Phi) is 8.74. The van der Waals surface area contributed by atoms with E-state index in [0.717, 1.165) is 58.4 Å². The summed E-state index contributed by atoms with van der Waals surface area (Å²) in [6.45, 7) is 12.1. The lowest BCUT2D eigenvalue weighted by Crippen LogP contribution is -2.48. The number of guanidine groups is 1. The number of aliphatic hydroxyl groups is 1. The molecule has 0 amide bonds. The van der Waals surface area contributed by atoms with Gasteiger partial charge in [0.25, 0.3) is 0 Å². The molecule has 0 aromatic carbocycles. The lowest BCUT2D eigenvalue weighted by molar-refractivity contribution is -0.0180. The molecule has 0 spiro atoms. The largest absolute Gasteiger partial charge is 0.387 e. The second kappa shape index (κ2) is 11.3. The maximum atomic E-state index is 10.8. The van der Waals surface area contributed by atoms with Crippen LogP contribution in [-0.2, 0) is 4.74 Å². The second-order valence-electron chi connectivity index (χ2n) is 8.24. The van der Waals surface area contributed by atoms with E-state index in [4.69, 9.17) is 9.73 Å². The summed E-state index contributed by atoms with van der Waals surface area (Å²) in [6, 6.07) is 4.73. The van der Waals surface area contributed by atoms with Gasteiger partial charge in [0, 0.05) is 37.6 Å². The number of β-amino-alcohol motifs (C(OH)–C–C–N with tert-alkyl or cyclic N) is 1. The van der Waals surface area contributed by atoms with Crippen LogP contribution in [0.2, 0.25) is 0 Å². The van der Waals surface area contributed by atoms with Crippen molar-refractivity contribution in [1.82, 2.24) is 20.4 Å². The molecular weight excluding hydrogens is 386 g/mol. The summed E-state index contributed by atoms with van der Waals surface area (Å²) in [4.78, 5) is 10.9. The Morgan fingerprint density at radius 1 is 1.28 bits per heavy atom. The molecule has 2 aliphatic rings. The third-order valence-corrected chi connectivity index (χ3v) is 6.48. The Balaban J connectivity index is 1.57. The SMILES string of the molecule is CCNC(=NCC(C)(O)CN1CCOCC1)NCC(c1cccs1)N1CCCC1. The molecule has 29 heavy (non-hydrogen) atoms. The summed E-state index contributed by atoms with van der Waals surface area (Å²) in [6.07, 6.45) is 2.56. The van der Waals surface area contributed by atoms with Crippen LogP contribution in [0.3, 0.4) is 0 Å². The van der Waals surface area contributed by atoms with E-state index in [2.05, 4.69) is 44.9 Å². The van der Waals surface area contributed by atoms with Crippen LogP contribution in [0.4, 0.5) is 0 Å². The number of thiophene rings is 1. The Morgan fingerprint density at radius 3 is 2.69 bits per heavy atom. The fourth-order valence-corrected chi connectivity index (χ4v) is 4.88. The highest BCUT2D eigenvalue weighted by Crippen LogP contribution is 2.27. The molecule has 3 heterocycles. The first-order chi connectivity index (χ1) is 14.1. The van der Waals surface area contributed by atoms with Gasteiger partial charge in [-0.2, -0.15) is 0 Å². The van der Waals surface area contributed by atoms with Crippen LogP contribution in [0, 0.1) is 0 Å². The van der Waals surface area contributed by atoms with E-state index in [1.807, 2.05) is 18.3 Å². The van der Waals surface area contributed by atoms with Crippen LogP contribution in [0.1, 0.15) is 37.6 Å². The van der Waals surface area contributed by atoms with Crippen LogP contribution in [0.5, 0.6) is 0 Å². The molecule has 2 saturated heterocycles. The molecule has 3 N–H and O–H groups in total. The number of rotatable bonds is 9. The normalized spacial score (nSPS) is 22.4. The van der Waals surface area contributed by atoms with Crippen LogP contribution < -0.4 is 10.6 Å². The Bertz CT molecular complexity index is 611. The van der Waals surface area contributed by atoms with Crippen molar-refractivity contribution in [3.05, 3.63) is 22.4 Å². The van der Waals surface area contributed by atoms with E-state index < -0.39 is 5.60 Å². The average molecular weight is 424 g/mol. The fourth-order valence-electron chi connectivity index (χ4n) is 4.02. The van der Waals surface area contributed by atoms with Gasteiger partial charge in [-0.3, -0.25) is 14.8 Å². The first kappa shape index (κ1) is 22.5. The minimum atomic E-state index is -0.859.